The molecule has 220 valence electrons. The average Bonchev–Trinajstić information content (AvgIpc) is 3.38. The number of carbonyl (C=O) groups is 4. The fraction of sp³-hybridized carbons (Fsp3) is 0.0312. The van der Waals surface area contributed by atoms with Gasteiger partial charge in [-0.05, 0) is 54.1 Å². The van der Waals surface area contributed by atoms with Crippen molar-refractivity contribution in [1.29, 1.82) is 0 Å². The molecular weight excluding hydrogens is 604 g/mol. The molecule has 0 aliphatic carbocycles. The molecule has 12 heteroatoms. The standard InChI is InChI=1S/C32H23ClN4O6S/c1-42-25-17-19(15-16-24(25)43-32(41)28-27(33)22-12-6-8-14-26(22)44-28)18-34-37-31(40)30(39)36-23-13-7-5-11-21(23)29(38)35-20-9-3-2-4-10-20/h2-18H,1H3,(H,35,38)(H,36,39)(H,37,40)/b34-18-. The van der Waals surface area contributed by atoms with Crippen molar-refractivity contribution in [3.8, 4) is 11.5 Å². The second-order valence-corrected chi connectivity index (χ2v) is 10.5. The average molecular weight is 627 g/mol. The fourth-order valence-electron chi connectivity index (χ4n) is 4.05. The zero-order valence-corrected chi connectivity index (χ0v) is 24.6. The molecule has 0 saturated carbocycles. The van der Waals surface area contributed by atoms with Gasteiger partial charge in [-0.1, -0.05) is 60.1 Å². The lowest BCUT2D eigenvalue weighted by Crippen LogP contribution is -2.33. The van der Waals surface area contributed by atoms with Crippen LogP contribution in [0, 0.1) is 0 Å². The zero-order valence-electron chi connectivity index (χ0n) is 23.0. The number of nitrogens with zero attached hydrogens (tertiary/aromatic N) is 1. The van der Waals surface area contributed by atoms with Gasteiger partial charge >= 0.3 is 17.8 Å². The van der Waals surface area contributed by atoms with Crippen LogP contribution in [0.1, 0.15) is 25.6 Å². The van der Waals surface area contributed by atoms with Crippen LogP contribution in [0.3, 0.4) is 0 Å². The smallest absolute Gasteiger partial charge is 0.355 e. The molecule has 3 amide bonds. The summed E-state index contributed by atoms with van der Waals surface area (Å²) in [5.74, 6) is -2.79. The zero-order chi connectivity index (χ0) is 31.1. The Hall–Kier alpha value is -5.52. The number of benzene rings is 4. The number of carbonyl (C=O) groups excluding carboxylic acids is 4. The van der Waals surface area contributed by atoms with Gasteiger partial charge in [0.15, 0.2) is 11.5 Å². The van der Waals surface area contributed by atoms with Crippen molar-refractivity contribution in [2.45, 2.75) is 0 Å². The van der Waals surface area contributed by atoms with Gasteiger partial charge in [0, 0.05) is 15.8 Å². The van der Waals surface area contributed by atoms with Gasteiger partial charge in [-0.3, -0.25) is 14.4 Å². The Kier molecular flexibility index (Phi) is 9.28. The number of hydrazone groups is 1. The van der Waals surface area contributed by atoms with Crippen LogP contribution < -0.4 is 25.5 Å². The van der Waals surface area contributed by atoms with Gasteiger partial charge < -0.3 is 20.1 Å². The third-order valence-corrected chi connectivity index (χ3v) is 7.80. The molecule has 0 saturated heterocycles. The summed E-state index contributed by atoms with van der Waals surface area (Å²) in [7, 11) is 1.41. The van der Waals surface area contributed by atoms with E-state index >= 15 is 0 Å². The number of hydrogen-bond donors (Lipinski definition) is 3. The molecule has 0 bridgehead atoms. The predicted octanol–water partition coefficient (Wildman–Crippen LogP) is 6.12. The summed E-state index contributed by atoms with van der Waals surface area (Å²) in [5.41, 5.74) is 3.52. The summed E-state index contributed by atoms with van der Waals surface area (Å²) in [5, 5.41) is 10.1. The SMILES string of the molecule is COc1cc(/C=N\NC(=O)C(=O)Nc2ccccc2C(=O)Nc2ccccc2)ccc1OC(=O)c1sc2ccccc2c1Cl. The maximum Gasteiger partial charge on any atom is 0.355 e. The van der Waals surface area contributed by atoms with Crippen molar-refractivity contribution in [2.75, 3.05) is 17.7 Å². The van der Waals surface area contributed by atoms with Crippen LogP contribution in [0.4, 0.5) is 11.4 Å². The number of anilines is 2. The molecule has 0 unspecified atom stereocenters. The minimum absolute atomic E-state index is 0.150. The predicted molar refractivity (Wildman–Crippen MR) is 170 cm³/mol. The molecule has 1 aromatic heterocycles. The summed E-state index contributed by atoms with van der Waals surface area (Å²) in [6.45, 7) is 0. The van der Waals surface area contributed by atoms with E-state index in [0.29, 0.717) is 16.3 Å². The van der Waals surface area contributed by atoms with Crippen LogP contribution in [-0.4, -0.2) is 37.0 Å². The quantitative estimate of drug-likeness (QED) is 0.0624. The third-order valence-electron chi connectivity index (χ3n) is 6.15. The van der Waals surface area contributed by atoms with Gasteiger partial charge in [0.25, 0.3) is 5.91 Å². The molecule has 0 fully saturated rings. The van der Waals surface area contributed by atoms with Crippen molar-refractivity contribution in [3.05, 3.63) is 118 Å². The molecule has 0 aliphatic rings. The van der Waals surface area contributed by atoms with Crippen LogP contribution >= 0.6 is 22.9 Å². The highest BCUT2D eigenvalue weighted by molar-refractivity contribution is 7.21. The molecule has 10 nitrogen and oxygen atoms in total. The molecular formula is C32H23ClN4O6S. The molecule has 1 heterocycles. The number of methoxy groups -OCH3 is 1. The van der Waals surface area contributed by atoms with Crippen molar-refractivity contribution in [2.24, 2.45) is 5.10 Å². The number of hydrogen-bond acceptors (Lipinski definition) is 8. The second kappa shape index (κ2) is 13.6. The van der Waals surface area contributed by atoms with Crippen LogP contribution in [0.15, 0.2) is 102 Å². The van der Waals surface area contributed by atoms with Crippen LogP contribution in [-0.2, 0) is 9.59 Å². The topological polar surface area (TPSA) is 135 Å². The number of rotatable bonds is 8. The normalized spacial score (nSPS) is 10.8. The molecule has 5 rings (SSSR count). The van der Waals surface area contributed by atoms with E-state index < -0.39 is 23.7 Å². The minimum Gasteiger partial charge on any atom is -0.493 e. The Morgan fingerprint density at radius 1 is 0.818 bits per heavy atom. The summed E-state index contributed by atoms with van der Waals surface area (Å²) in [6, 6.07) is 27.1. The van der Waals surface area contributed by atoms with Crippen molar-refractivity contribution < 1.29 is 28.7 Å². The van der Waals surface area contributed by atoms with Crippen LogP contribution in [0.25, 0.3) is 10.1 Å². The number of fused-ring (bicyclic) bond motifs is 1. The van der Waals surface area contributed by atoms with E-state index in [1.54, 1.807) is 42.5 Å². The molecule has 4 aromatic carbocycles. The van der Waals surface area contributed by atoms with Gasteiger partial charge in [0.2, 0.25) is 0 Å². The van der Waals surface area contributed by atoms with Crippen molar-refractivity contribution in [3.63, 3.8) is 0 Å². The number of ether oxygens (including phenoxy) is 2. The molecule has 0 atom stereocenters. The lowest BCUT2D eigenvalue weighted by atomic mass is 10.1. The molecule has 0 radical (unpaired) electrons. The molecule has 0 aliphatic heterocycles. The summed E-state index contributed by atoms with van der Waals surface area (Å²) in [4.78, 5) is 50.8. The Morgan fingerprint density at radius 3 is 2.32 bits per heavy atom. The number of esters is 1. The molecule has 5 aromatic rings. The van der Waals surface area contributed by atoms with E-state index in [4.69, 9.17) is 21.1 Å². The third kappa shape index (κ3) is 6.92. The first-order valence-corrected chi connectivity index (χ1v) is 14.2. The number of thiophene rings is 1. The van der Waals surface area contributed by atoms with Gasteiger partial charge in [-0.2, -0.15) is 5.10 Å². The lowest BCUT2D eigenvalue weighted by molar-refractivity contribution is -0.136. The Morgan fingerprint density at radius 2 is 1.55 bits per heavy atom. The number of amides is 3. The highest BCUT2D eigenvalue weighted by Crippen LogP contribution is 2.37. The maximum absolute atomic E-state index is 12.9. The fourth-order valence-corrected chi connectivity index (χ4v) is 5.43. The van der Waals surface area contributed by atoms with Crippen LogP contribution in [0.2, 0.25) is 5.02 Å². The maximum atomic E-state index is 12.9. The Balaban J connectivity index is 1.20. The number of nitrogens with one attached hydrogen (secondary N) is 3. The molecule has 0 spiro atoms. The summed E-state index contributed by atoms with van der Waals surface area (Å²) >= 11 is 7.62. The van der Waals surface area contributed by atoms with E-state index in [2.05, 4.69) is 21.2 Å². The van der Waals surface area contributed by atoms with Crippen LogP contribution in [0.5, 0.6) is 11.5 Å². The first-order chi connectivity index (χ1) is 21.3. The van der Waals surface area contributed by atoms with E-state index in [0.717, 1.165) is 10.1 Å². The van der Waals surface area contributed by atoms with Gasteiger partial charge in [-0.15, -0.1) is 11.3 Å². The Bertz CT molecular complexity index is 1910. The highest BCUT2D eigenvalue weighted by Gasteiger charge is 2.21. The minimum atomic E-state index is -1.06. The molecule has 3 N–H and O–H groups in total. The second-order valence-electron chi connectivity index (χ2n) is 9.06. The monoisotopic (exact) mass is 626 g/mol. The van der Waals surface area contributed by atoms with E-state index in [-0.39, 0.29) is 27.6 Å². The number of para-hydroxylation sites is 2. The lowest BCUT2D eigenvalue weighted by Gasteiger charge is -2.11. The van der Waals surface area contributed by atoms with Gasteiger partial charge in [0.05, 0.1) is 29.6 Å². The highest BCUT2D eigenvalue weighted by atomic mass is 35.5. The van der Waals surface area contributed by atoms with E-state index in [1.807, 2.05) is 30.3 Å². The van der Waals surface area contributed by atoms with E-state index in [9.17, 15) is 19.2 Å². The summed E-state index contributed by atoms with van der Waals surface area (Å²) < 4.78 is 11.8. The van der Waals surface area contributed by atoms with Crippen molar-refractivity contribution >= 4 is 74.3 Å². The summed E-state index contributed by atoms with van der Waals surface area (Å²) in [6.07, 6.45) is 1.28. The van der Waals surface area contributed by atoms with E-state index in [1.165, 1.54) is 48.9 Å². The Labute approximate surface area is 260 Å². The van der Waals surface area contributed by atoms with Gasteiger partial charge in [0.1, 0.15) is 4.88 Å². The van der Waals surface area contributed by atoms with Crippen molar-refractivity contribution in [1.82, 2.24) is 5.43 Å². The first kappa shape index (κ1) is 30.0. The largest absolute Gasteiger partial charge is 0.493 e. The molecule has 44 heavy (non-hydrogen) atoms. The van der Waals surface area contributed by atoms with Gasteiger partial charge in [-0.25, -0.2) is 10.2 Å². The number of halogens is 1. The first-order valence-electron chi connectivity index (χ1n) is 13.0.